The maximum absolute atomic E-state index is 13.7. The second-order valence-electron chi connectivity index (χ2n) is 6.30. The normalized spacial score (nSPS) is 21.5. The third-order valence-electron chi connectivity index (χ3n) is 4.33. The number of benzene rings is 2. The summed E-state index contributed by atoms with van der Waals surface area (Å²) in [7, 11) is 0. The molecule has 0 bridgehead atoms. The molecule has 0 amide bonds. The van der Waals surface area contributed by atoms with Crippen LogP contribution >= 0.6 is 0 Å². The van der Waals surface area contributed by atoms with Crippen LogP contribution in [0, 0.1) is 11.6 Å². The van der Waals surface area contributed by atoms with Crippen molar-refractivity contribution >= 4 is 0 Å². The van der Waals surface area contributed by atoms with E-state index < -0.39 is 48.4 Å². The van der Waals surface area contributed by atoms with Gasteiger partial charge in [-0.3, -0.25) is 0 Å². The Kier molecular flexibility index (Phi) is 6.29. The molecule has 152 valence electrons. The van der Waals surface area contributed by atoms with E-state index in [1.807, 2.05) is 0 Å². The average Bonchev–Trinajstić information content (AvgIpc) is 2.66. The van der Waals surface area contributed by atoms with E-state index in [-0.39, 0.29) is 12.2 Å². The summed E-state index contributed by atoms with van der Waals surface area (Å²) in [6.07, 6.45) is -6.96. The van der Waals surface area contributed by atoms with Crippen molar-refractivity contribution in [3.63, 3.8) is 0 Å². The van der Waals surface area contributed by atoms with Gasteiger partial charge in [-0.25, -0.2) is 8.78 Å². The van der Waals surface area contributed by atoms with Gasteiger partial charge in [0.2, 0.25) is 0 Å². The third kappa shape index (κ3) is 4.85. The van der Waals surface area contributed by atoms with Gasteiger partial charge in [-0.1, -0.05) is 12.1 Å². The number of aliphatic hydroxyl groups is 1. The lowest BCUT2D eigenvalue weighted by Crippen LogP contribution is -2.44. The van der Waals surface area contributed by atoms with Crippen molar-refractivity contribution in [1.82, 2.24) is 5.32 Å². The number of alkyl halides is 3. The number of ether oxygens (including phenoxy) is 2. The zero-order valence-corrected chi connectivity index (χ0v) is 14.5. The minimum atomic E-state index is -4.74. The molecule has 1 heterocycles. The lowest BCUT2D eigenvalue weighted by Gasteiger charge is -2.35. The molecule has 2 aromatic rings. The van der Waals surface area contributed by atoms with Gasteiger partial charge in [0.05, 0.1) is 24.8 Å². The highest BCUT2D eigenvalue weighted by Gasteiger charge is 2.34. The van der Waals surface area contributed by atoms with Crippen molar-refractivity contribution in [3.05, 3.63) is 70.8 Å². The van der Waals surface area contributed by atoms with Crippen molar-refractivity contribution in [2.75, 3.05) is 19.8 Å². The summed E-state index contributed by atoms with van der Waals surface area (Å²) >= 11 is 0. The minimum Gasteiger partial charge on any atom is -0.393 e. The van der Waals surface area contributed by atoms with Crippen molar-refractivity contribution in [3.8, 4) is 0 Å². The zero-order chi connectivity index (χ0) is 20.3. The Hall–Kier alpha value is -2.07. The molecule has 1 aliphatic heterocycles. The molecule has 2 aromatic carbocycles. The molecule has 0 radical (unpaired) electrons. The number of rotatable bonds is 5. The summed E-state index contributed by atoms with van der Waals surface area (Å²) in [6, 6.07) is 7.00. The van der Waals surface area contributed by atoms with E-state index in [9.17, 15) is 27.1 Å². The van der Waals surface area contributed by atoms with Gasteiger partial charge in [-0.15, -0.1) is 0 Å². The quantitative estimate of drug-likeness (QED) is 0.748. The first-order valence-corrected chi connectivity index (χ1v) is 8.52. The van der Waals surface area contributed by atoms with Crippen LogP contribution in [0.2, 0.25) is 0 Å². The average molecular weight is 403 g/mol. The van der Waals surface area contributed by atoms with Gasteiger partial charge in [-0.05, 0) is 41.5 Å². The number of morpholine rings is 1. The molecule has 9 heteroatoms. The Morgan fingerprint density at radius 2 is 1.82 bits per heavy atom. The maximum Gasteiger partial charge on any atom is 0.416 e. The molecule has 0 aliphatic carbocycles. The first kappa shape index (κ1) is 20.7. The van der Waals surface area contributed by atoms with Gasteiger partial charge < -0.3 is 19.9 Å². The van der Waals surface area contributed by atoms with Gasteiger partial charge in [0.15, 0.2) is 6.29 Å². The molecule has 4 nitrogen and oxygen atoms in total. The molecule has 1 fully saturated rings. The van der Waals surface area contributed by atoms with Gasteiger partial charge in [0.1, 0.15) is 17.7 Å². The van der Waals surface area contributed by atoms with E-state index in [1.54, 1.807) is 0 Å². The molecule has 3 atom stereocenters. The van der Waals surface area contributed by atoms with E-state index in [0.29, 0.717) is 18.2 Å². The van der Waals surface area contributed by atoms with E-state index in [0.717, 1.165) is 12.1 Å². The van der Waals surface area contributed by atoms with E-state index >= 15 is 0 Å². The van der Waals surface area contributed by atoms with Crippen LogP contribution in [-0.2, 0) is 15.7 Å². The predicted molar refractivity (Wildman–Crippen MR) is 89.2 cm³/mol. The number of hydrogen-bond donors (Lipinski definition) is 2. The molecular formula is C19H18F5NO3. The third-order valence-corrected chi connectivity index (χ3v) is 4.33. The predicted octanol–water partition coefficient (Wildman–Crippen LogP) is 3.72. The van der Waals surface area contributed by atoms with Crippen LogP contribution in [0.1, 0.15) is 28.8 Å². The Balaban J connectivity index is 1.84. The van der Waals surface area contributed by atoms with Gasteiger partial charge in [0, 0.05) is 6.54 Å². The van der Waals surface area contributed by atoms with Crippen molar-refractivity contribution < 1.29 is 36.5 Å². The van der Waals surface area contributed by atoms with Crippen LogP contribution < -0.4 is 5.32 Å². The molecular weight excluding hydrogens is 385 g/mol. The summed E-state index contributed by atoms with van der Waals surface area (Å²) in [5.74, 6) is -1.52. The van der Waals surface area contributed by atoms with E-state index in [1.165, 1.54) is 24.3 Å². The standard InChI is InChI=1S/C19H18F5NO3/c20-14-3-1-11(2-4-14)17-18(27-6-5-25-17)28-16(10-26)12-7-13(19(22,23)24)9-15(21)8-12/h1-4,7-9,16-18,25-26H,5-6,10H2/t16-,17?,18?/m0/s1. The number of halogens is 5. The number of nitrogens with one attached hydrogen (secondary N) is 1. The van der Waals surface area contributed by atoms with E-state index in [2.05, 4.69) is 5.32 Å². The van der Waals surface area contributed by atoms with Gasteiger partial charge >= 0.3 is 6.18 Å². The van der Waals surface area contributed by atoms with Crippen molar-refractivity contribution in [2.24, 2.45) is 0 Å². The molecule has 0 spiro atoms. The molecule has 2 unspecified atom stereocenters. The van der Waals surface area contributed by atoms with Crippen molar-refractivity contribution in [1.29, 1.82) is 0 Å². The zero-order valence-electron chi connectivity index (χ0n) is 14.5. The summed E-state index contributed by atoms with van der Waals surface area (Å²) in [4.78, 5) is 0. The lowest BCUT2D eigenvalue weighted by atomic mass is 10.0. The molecule has 2 N–H and O–H groups in total. The maximum atomic E-state index is 13.7. The first-order chi connectivity index (χ1) is 13.3. The Morgan fingerprint density at radius 1 is 1.11 bits per heavy atom. The summed E-state index contributed by atoms with van der Waals surface area (Å²) in [5.41, 5.74) is -0.706. The second-order valence-corrected chi connectivity index (χ2v) is 6.30. The Bertz CT molecular complexity index is 797. The fourth-order valence-corrected chi connectivity index (χ4v) is 3.00. The van der Waals surface area contributed by atoms with Crippen LogP contribution in [0.4, 0.5) is 22.0 Å². The number of aliphatic hydroxyl groups excluding tert-OH is 1. The van der Waals surface area contributed by atoms with Crippen LogP contribution in [0.3, 0.4) is 0 Å². The molecule has 0 aromatic heterocycles. The Morgan fingerprint density at radius 3 is 2.46 bits per heavy atom. The highest BCUT2D eigenvalue weighted by molar-refractivity contribution is 5.29. The molecule has 1 saturated heterocycles. The molecule has 0 saturated carbocycles. The summed E-state index contributed by atoms with van der Waals surface area (Å²) in [5, 5.41) is 12.8. The topological polar surface area (TPSA) is 50.7 Å². The van der Waals surface area contributed by atoms with Crippen LogP contribution in [0.15, 0.2) is 42.5 Å². The van der Waals surface area contributed by atoms with Gasteiger partial charge in [0.25, 0.3) is 0 Å². The monoisotopic (exact) mass is 403 g/mol. The summed E-state index contributed by atoms with van der Waals surface area (Å²) in [6.45, 7) is 0.0537. The van der Waals surface area contributed by atoms with Crippen LogP contribution in [0.25, 0.3) is 0 Å². The molecule has 1 aliphatic rings. The summed E-state index contributed by atoms with van der Waals surface area (Å²) < 4.78 is 77.0. The van der Waals surface area contributed by atoms with Crippen LogP contribution in [-0.4, -0.2) is 31.2 Å². The first-order valence-electron chi connectivity index (χ1n) is 8.52. The smallest absolute Gasteiger partial charge is 0.393 e. The highest BCUT2D eigenvalue weighted by Crippen LogP contribution is 2.34. The minimum absolute atomic E-state index is 0.165. The largest absolute Gasteiger partial charge is 0.416 e. The van der Waals surface area contributed by atoms with Gasteiger partial charge in [-0.2, -0.15) is 13.2 Å². The molecule has 28 heavy (non-hydrogen) atoms. The highest BCUT2D eigenvalue weighted by atomic mass is 19.4. The lowest BCUT2D eigenvalue weighted by molar-refractivity contribution is -0.209. The number of hydrogen-bond acceptors (Lipinski definition) is 4. The fourth-order valence-electron chi connectivity index (χ4n) is 3.00. The fraction of sp³-hybridized carbons (Fsp3) is 0.368. The molecule has 3 rings (SSSR count). The SMILES string of the molecule is OC[C@H](OC1OCCNC1c1ccc(F)cc1)c1cc(F)cc(C(F)(F)F)c1. The second kappa shape index (κ2) is 8.52. The van der Waals surface area contributed by atoms with Crippen LogP contribution in [0.5, 0.6) is 0 Å². The Labute approximate surface area is 157 Å². The van der Waals surface area contributed by atoms with Crippen molar-refractivity contribution in [2.45, 2.75) is 24.6 Å². The van der Waals surface area contributed by atoms with E-state index in [4.69, 9.17) is 9.47 Å².